The van der Waals surface area contributed by atoms with Gasteiger partial charge in [-0.2, -0.15) is 0 Å². The Morgan fingerprint density at radius 2 is 2.00 bits per heavy atom. The predicted molar refractivity (Wildman–Crippen MR) is 112 cm³/mol. The van der Waals surface area contributed by atoms with Crippen LogP contribution in [-0.2, 0) is 25.8 Å². The topological polar surface area (TPSA) is 96.4 Å². The van der Waals surface area contributed by atoms with E-state index in [0.717, 1.165) is 16.8 Å². The SMILES string of the molecule is CCC(=O)N1c2ccc(S(=O)(=O)CCC(=O)Nc3ccc(C)cn3)cc2C[C@@H]1C. The number of sulfone groups is 1. The lowest BCUT2D eigenvalue weighted by Gasteiger charge is -2.22. The number of aryl methyl sites for hydroxylation is 1. The van der Waals surface area contributed by atoms with Crippen molar-refractivity contribution < 1.29 is 18.0 Å². The molecule has 0 saturated heterocycles. The van der Waals surface area contributed by atoms with Crippen molar-refractivity contribution in [3.8, 4) is 0 Å². The van der Waals surface area contributed by atoms with Crippen molar-refractivity contribution in [3.63, 3.8) is 0 Å². The van der Waals surface area contributed by atoms with E-state index in [9.17, 15) is 18.0 Å². The second-order valence-corrected chi connectivity index (χ2v) is 9.41. The number of amides is 2. The molecule has 7 nitrogen and oxygen atoms in total. The Morgan fingerprint density at radius 1 is 1.24 bits per heavy atom. The summed E-state index contributed by atoms with van der Waals surface area (Å²) in [6.07, 6.45) is 2.48. The third-order valence-electron chi connectivity index (χ3n) is 4.97. The molecule has 1 N–H and O–H groups in total. The van der Waals surface area contributed by atoms with Gasteiger partial charge < -0.3 is 10.2 Å². The van der Waals surface area contributed by atoms with Gasteiger partial charge in [0.2, 0.25) is 11.8 Å². The molecule has 1 aromatic heterocycles. The molecule has 0 bridgehead atoms. The Labute approximate surface area is 171 Å². The molecule has 3 rings (SSSR count). The van der Waals surface area contributed by atoms with E-state index in [1.165, 1.54) is 6.07 Å². The number of anilines is 2. The van der Waals surface area contributed by atoms with Crippen molar-refractivity contribution in [2.45, 2.75) is 51.0 Å². The van der Waals surface area contributed by atoms with Gasteiger partial charge in [-0.3, -0.25) is 9.59 Å². The van der Waals surface area contributed by atoms with E-state index in [4.69, 9.17) is 0 Å². The largest absolute Gasteiger partial charge is 0.311 e. The van der Waals surface area contributed by atoms with E-state index in [1.807, 2.05) is 26.8 Å². The number of hydrogen-bond acceptors (Lipinski definition) is 5. The first-order valence-corrected chi connectivity index (χ1v) is 11.3. The first-order valence-electron chi connectivity index (χ1n) is 9.61. The molecular weight excluding hydrogens is 390 g/mol. The second kappa shape index (κ2) is 8.32. The van der Waals surface area contributed by atoms with Crippen LogP contribution in [0.25, 0.3) is 0 Å². The summed E-state index contributed by atoms with van der Waals surface area (Å²) < 4.78 is 25.4. The standard InChI is InChI=1S/C21H25N3O4S/c1-4-21(26)24-15(3)11-16-12-17(6-7-18(16)24)29(27,28)10-9-20(25)23-19-8-5-14(2)13-22-19/h5-8,12-13,15H,4,9-11H2,1-3H3,(H,22,23,25)/t15-/m0/s1. The van der Waals surface area contributed by atoms with Crippen LogP contribution in [0.15, 0.2) is 41.4 Å². The smallest absolute Gasteiger partial charge is 0.226 e. The summed E-state index contributed by atoms with van der Waals surface area (Å²) in [4.78, 5) is 30.3. The third kappa shape index (κ3) is 4.64. The number of nitrogens with zero attached hydrogens (tertiary/aromatic N) is 2. The Kier molecular flexibility index (Phi) is 6.02. The monoisotopic (exact) mass is 415 g/mol. The fraction of sp³-hybridized carbons (Fsp3) is 0.381. The van der Waals surface area contributed by atoms with Crippen LogP contribution >= 0.6 is 0 Å². The molecule has 1 atom stereocenters. The molecule has 1 aliphatic heterocycles. The highest BCUT2D eigenvalue weighted by molar-refractivity contribution is 7.91. The molecule has 2 aromatic rings. The summed E-state index contributed by atoms with van der Waals surface area (Å²) in [6.45, 7) is 5.65. The lowest BCUT2D eigenvalue weighted by Crippen LogP contribution is -2.35. The number of aromatic nitrogens is 1. The number of carbonyl (C=O) groups excluding carboxylic acids is 2. The van der Waals surface area contributed by atoms with Gasteiger partial charge in [0, 0.05) is 30.8 Å². The number of carbonyl (C=O) groups is 2. The Hall–Kier alpha value is -2.74. The average molecular weight is 416 g/mol. The summed E-state index contributed by atoms with van der Waals surface area (Å²) in [5.41, 5.74) is 2.58. The summed E-state index contributed by atoms with van der Waals surface area (Å²) in [6, 6.07) is 8.33. The maximum atomic E-state index is 12.7. The van der Waals surface area contributed by atoms with Crippen LogP contribution in [-0.4, -0.2) is 37.0 Å². The molecular formula is C21H25N3O4S. The summed E-state index contributed by atoms with van der Waals surface area (Å²) >= 11 is 0. The number of pyridine rings is 1. The molecule has 1 aromatic carbocycles. The van der Waals surface area contributed by atoms with Crippen LogP contribution in [0.5, 0.6) is 0 Å². The first-order chi connectivity index (χ1) is 13.7. The zero-order valence-electron chi connectivity index (χ0n) is 16.8. The van der Waals surface area contributed by atoms with E-state index in [-0.39, 0.29) is 29.0 Å². The van der Waals surface area contributed by atoms with Gasteiger partial charge in [-0.15, -0.1) is 0 Å². The fourth-order valence-corrected chi connectivity index (χ4v) is 4.73. The van der Waals surface area contributed by atoms with Crippen LogP contribution in [0, 0.1) is 6.92 Å². The minimum atomic E-state index is -3.62. The van der Waals surface area contributed by atoms with Gasteiger partial charge in [-0.05, 0) is 55.7 Å². The predicted octanol–water partition coefficient (Wildman–Crippen LogP) is 2.88. The van der Waals surface area contributed by atoms with Crippen molar-refractivity contribution in [1.82, 2.24) is 4.98 Å². The average Bonchev–Trinajstić information content (AvgIpc) is 3.02. The maximum Gasteiger partial charge on any atom is 0.226 e. The molecule has 0 saturated carbocycles. The van der Waals surface area contributed by atoms with E-state index >= 15 is 0 Å². The maximum absolute atomic E-state index is 12.7. The minimum Gasteiger partial charge on any atom is -0.311 e. The lowest BCUT2D eigenvalue weighted by molar-refractivity contribution is -0.118. The van der Waals surface area contributed by atoms with E-state index in [2.05, 4.69) is 10.3 Å². The van der Waals surface area contributed by atoms with Gasteiger partial charge in [0.15, 0.2) is 9.84 Å². The van der Waals surface area contributed by atoms with Crippen molar-refractivity contribution in [2.75, 3.05) is 16.0 Å². The van der Waals surface area contributed by atoms with Crippen LogP contribution < -0.4 is 10.2 Å². The molecule has 0 fully saturated rings. The molecule has 29 heavy (non-hydrogen) atoms. The van der Waals surface area contributed by atoms with Crippen molar-refractivity contribution in [2.24, 2.45) is 0 Å². The second-order valence-electron chi connectivity index (χ2n) is 7.30. The van der Waals surface area contributed by atoms with Gasteiger partial charge in [0.1, 0.15) is 5.82 Å². The van der Waals surface area contributed by atoms with Gasteiger partial charge in [0.05, 0.1) is 10.6 Å². The van der Waals surface area contributed by atoms with Crippen molar-refractivity contribution >= 4 is 33.2 Å². The van der Waals surface area contributed by atoms with Gasteiger partial charge in [0.25, 0.3) is 0 Å². The number of rotatable bonds is 6. The summed E-state index contributed by atoms with van der Waals surface area (Å²) in [5, 5.41) is 2.61. The molecule has 8 heteroatoms. The quantitative estimate of drug-likeness (QED) is 0.783. The molecule has 2 heterocycles. The highest BCUT2D eigenvalue weighted by Crippen LogP contribution is 2.34. The normalized spacial score (nSPS) is 15.8. The van der Waals surface area contributed by atoms with E-state index in [1.54, 1.807) is 29.3 Å². The Bertz CT molecular complexity index is 1030. The first kappa shape index (κ1) is 21.0. The molecule has 0 spiro atoms. The minimum absolute atomic E-state index is 0.00295. The highest BCUT2D eigenvalue weighted by atomic mass is 32.2. The Morgan fingerprint density at radius 3 is 2.66 bits per heavy atom. The zero-order valence-corrected chi connectivity index (χ0v) is 17.6. The molecule has 154 valence electrons. The van der Waals surface area contributed by atoms with Crippen LogP contribution in [0.3, 0.4) is 0 Å². The van der Waals surface area contributed by atoms with Crippen molar-refractivity contribution in [1.29, 1.82) is 0 Å². The molecule has 2 amide bonds. The number of benzene rings is 1. The molecule has 0 radical (unpaired) electrons. The summed E-state index contributed by atoms with van der Waals surface area (Å²) in [5.74, 6) is -0.283. The van der Waals surface area contributed by atoms with Gasteiger partial charge in [-0.1, -0.05) is 13.0 Å². The molecule has 1 aliphatic rings. The van der Waals surface area contributed by atoms with Crippen molar-refractivity contribution in [3.05, 3.63) is 47.7 Å². The van der Waals surface area contributed by atoms with Gasteiger partial charge in [-0.25, -0.2) is 13.4 Å². The zero-order chi connectivity index (χ0) is 21.2. The Balaban J connectivity index is 1.69. The van der Waals surface area contributed by atoms with Crippen LogP contribution in [0.1, 0.15) is 37.8 Å². The summed E-state index contributed by atoms with van der Waals surface area (Å²) in [7, 11) is -3.62. The number of hydrogen-bond donors (Lipinski definition) is 1. The number of fused-ring (bicyclic) bond motifs is 1. The van der Waals surface area contributed by atoms with Crippen LogP contribution in [0.2, 0.25) is 0 Å². The molecule has 0 unspecified atom stereocenters. The third-order valence-corrected chi connectivity index (χ3v) is 6.69. The van der Waals surface area contributed by atoms with E-state index in [0.29, 0.717) is 18.7 Å². The van der Waals surface area contributed by atoms with Gasteiger partial charge >= 0.3 is 0 Å². The fourth-order valence-electron chi connectivity index (χ4n) is 3.44. The number of nitrogens with one attached hydrogen (secondary N) is 1. The lowest BCUT2D eigenvalue weighted by atomic mass is 10.1. The van der Waals surface area contributed by atoms with Crippen LogP contribution in [0.4, 0.5) is 11.5 Å². The highest BCUT2D eigenvalue weighted by Gasteiger charge is 2.31. The van der Waals surface area contributed by atoms with E-state index < -0.39 is 15.7 Å². The molecule has 0 aliphatic carbocycles.